The molecule has 0 unspecified atom stereocenters. The Morgan fingerprint density at radius 2 is 2.11 bits per heavy atom. The second-order valence-corrected chi connectivity index (χ2v) is 5.27. The van der Waals surface area contributed by atoms with Crippen molar-refractivity contribution >= 4 is 34.2 Å². The molecule has 1 aromatic heterocycles. The molecule has 1 N–H and O–H groups in total. The fourth-order valence-electron chi connectivity index (χ4n) is 1.66. The van der Waals surface area contributed by atoms with Gasteiger partial charge in [-0.3, -0.25) is 4.79 Å². The summed E-state index contributed by atoms with van der Waals surface area (Å²) < 4.78 is 3.03. The number of hydrogen-bond donors (Lipinski definition) is 1. The van der Waals surface area contributed by atoms with Gasteiger partial charge in [-0.05, 0) is 40.8 Å². The van der Waals surface area contributed by atoms with Gasteiger partial charge < -0.3 is 5.32 Å². The number of nitrogens with zero attached hydrogens (tertiary/aromatic N) is 1. The molecule has 0 spiro atoms. The zero-order valence-corrected chi connectivity index (χ0v) is 12.2. The second kappa shape index (κ2) is 5.95. The van der Waals surface area contributed by atoms with Crippen molar-refractivity contribution in [3.63, 3.8) is 0 Å². The van der Waals surface area contributed by atoms with Crippen molar-refractivity contribution in [1.82, 2.24) is 0 Å². The van der Waals surface area contributed by atoms with Crippen molar-refractivity contribution < 1.29 is 9.36 Å². The number of aryl methyl sites for hydroxylation is 1. The van der Waals surface area contributed by atoms with Gasteiger partial charge in [0.1, 0.15) is 0 Å². The first kappa shape index (κ1) is 13.0. The van der Waals surface area contributed by atoms with Crippen LogP contribution in [-0.4, -0.2) is 5.91 Å². The molecule has 1 aromatic carbocycles. The lowest BCUT2D eigenvalue weighted by Crippen LogP contribution is -2.42. The first-order valence-electron chi connectivity index (χ1n) is 5.65. The minimum absolute atomic E-state index is 0.0173. The summed E-state index contributed by atoms with van der Waals surface area (Å²) in [6.07, 6.45) is 1.91. The number of carbonyl (C=O) groups excluding carboxylic acids is 1. The van der Waals surface area contributed by atoms with E-state index in [2.05, 4.69) is 27.9 Å². The van der Waals surface area contributed by atoms with Crippen LogP contribution in [-0.2, 0) is 11.3 Å². The SMILES string of the molecule is Cc1cccc[n+]1CC(=O)Nc1cccc(I)c1. The zero-order chi connectivity index (χ0) is 13.0. The highest BCUT2D eigenvalue weighted by atomic mass is 127. The van der Waals surface area contributed by atoms with Crippen molar-refractivity contribution in [2.24, 2.45) is 0 Å². The number of amides is 1. The van der Waals surface area contributed by atoms with Crippen LogP contribution in [0.4, 0.5) is 5.69 Å². The van der Waals surface area contributed by atoms with E-state index in [9.17, 15) is 4.79 Å². The molecule has 3 nitrogen and oxygen atoms in total. The van der Waals surface area contributed by atoms with Gasteiger partial charge in [-0.2, -0.15) is 4.57 Å². The molecular formula is C14H14IN2O+. The molecule has 0 fully saturated rings. The summed E-state index contributed by atoms with van der Waals surface area (Å²) in [6.45, 7) is 2.32. The highest BCUT2D eigenvalue weighted by molar-refractivity contribution is 14.1. The third-order valence-corrected chi connectivity index (χ3v) is 3.26. The maximum Gasteiger partial charge on any atom is 0.290 e. The summed E-state index contributed by atoms with van der Waals surface area (Å²) in [4.78, 5) is 11.9. The number of aromatic nitrogens is 1. The Morgan fingerprint density at radius 3 is 2.83 bits per heavy atom. The topological polar surface area (TPSA) is 33.0 Å². The van der Waals surface area contributed by atoms with Crippen molar-refractivity contribution in [3.8, 4) is 0 Å². The lowest BCUT2D eigenvalue weighted by molar-refractivity contribution is -0.690. The number of hydrogen-bond acceptors (Lipinski definition) is 1. The summed E-state index contributed by atoms with van der Waals surface area (Å²) in [5, 5.41) is 2.89. The van der Waals surface area contributed by atoms with Crippen LogP contribution in [0.15, 0.2) is 48.7 Å². The van der Waals surface area contributed by atoms with Gasteiger partial charge in [0, 0.05) is 28.3 Å². The van der Waals surface area contributed by atoms with Crippen LogP contribution in [0, 0.1) is 10.5 Å². The molecule has 1 amide bonds. The van der Waals surface area contributed by atoms with E-state index in [1.807, 2.05) is 60.2 Å². The summed E-state index contributed by atoms with van der Waals surface area (Å²) in [7, 11) is 0. The molecule has 18 heavy (non-hydrogen) atoms. The fourth-order valence-corrected chi connectivity index (χ4v) is 2.20. The molecule has 1 heterocycles. The van der Waals surface area contributed by atoms with Crippen LogP contribution in [0.5, 0.6) is 0 Å². The molecular weight excluding hydrogens is 339 g/mol. The number of rotatable bonds is 3. The van der Waals surface area contributed by atoms with E-state index in [0.717, 1.165) is 15.0 Å². The van der Waals surface area contributed by atoms with Gasteiger partial charge in [-0.1, -0.05) is 12.1 Å². The highest BCUT2D eigenvalue weighted by Crippen LogP contribution is 2.12. The molecule has 4 heteroatoms. The van der Waals surface area contributed by atoms with Crippen molar-refractivity contribution in [2.45, 2.75) is 13.5 Å². The third-order valence-electron chi connectivity index (χ3n) is 2.59. The molecule has 0 aliphatic heterocycles. The summed E-state index contributed by atoms with van der Waals surface area (Å²) in [5.41, 5.74) is 1.90. The van der Waals surface area contributed by atoms with E-state index in [1.165, 1.54) is 0 Å². The number of halogens is 1. The van der Waals surface area contributed by atoms with E-state index in [0.29, 0.717) is 6.54 Å². The zero-order valence-electron chi connectivity index (χ0n) is 10.1. The van der Waals surface area contributed by atoms with Crippen LogP contribution < -0.4 is 9.88 Å². The van der Waals surface area contributed by atoms with E-state index in [1.54, 1.807) is 0 Å². The van der Waals surface area contributed by atoms with Gasteiger partial charge in [0.25, 0.3) is 5.91 Å². The molecule has 0 radical (unpaired) electrons. The Bertz CT molecular complexity index is 569. The van der Waals surface area contributed by atoms with Crippen molar-refractivity contribution in [2.75, 3.05) is 5.32 Å². The Hall–Kier alpha value is -1.43. The van der Waals surface area contributed by atoms with E-state index in [4.69, 9.17) is 0 Å². The fraction of sp³-hybridized carbons (Fsp3) is 0.143. The van der Waals surface area contributed by atoms with Gasteiger partial charge in [0.15, 0.2) is 11.9 Å². The predicted octanol–water partition coefficient (Wildman–Crippen LogP) is 2.53. The Balaban J connectivity index is 2.03. The normalized spacial score (nSPS) is 10.1. The minimum atomic E-state index is -0.0173. The number of anilines is 1. The number of nitrogens with one attached hydrogen (secondary N) is 1. The molecule has 0 aliphatic carbocycles. The van der Waals surface area contributed by atoms with Gasteiger partial charge >= 0.3 is 0 Å². The van der Waals surface area contributed by atoms with Crippen LogP contribution in [0.25, 0.3) is 0 Å². The van der Waals surface area contributed by atoms with Gasteiger partial charge in [-0.15, -0.1) is 0 Å². The highest BCUT2D eigenvalue weighted by Gasteiger charge is 2.11. The third kappa shape index (κ3) is 3.53. The minimum Gasteiger partial charge on any atom is -0.321 e. The van der Waals surface area contributed by atoms with Crippen LogP contribution in [0.3, 0.4) is 0 Å². The Kier molecular flexibility index (Phi) is 4.30. The molecule has 0 aliphatic rings. The molecule has 0 bridgehead atoms. The van der Waals surface area contributed by atoms with Crippen LogP contribution >= 0.6 is 22.6 Å². The van der Waals surface area contributed by atoms with Crippen molar-refractivity contribution in [3.05, 3.63) is 57.9 Å². The molecule has 2 aromatic rings. The van der Waals surface area contributed by atoms with Crippen LogP contribution in [0.2, 0.25) is 0 Å². The largest absolute Gasteiger partial charge is 0.321 e. The monoisotopic (exact) mass is 353 g/mol. The van der Waals surface area contributed by atoms with Crippen molar-refractivity contribution in [1.29, 1.82) is 0 Å². The summed E-state index contributed by atoms with van der Waals surface area (Å²) >= 11 is 2.22. The number of benzene rings is 1. The average Bonchev–Trinajstić information content (AvgIpc) is 2.32. The lowest BCUT2D eigenvalue weighted by atomic mass is 10.3. The number of pyridine rings is 1. The molecule has 0 atom stereocenters. The first-order chi connectivity index (χ1) is 8.65. The standard InChI is InChI=1S/C14H13IN2O/c1-11-5-2-3-8-17(11)10-14(18)16-13-7-4-6-12(15)9-13/h2-9H,10H2,1H3/p+1. The van der Waals surface area contributed by atoms with Gasteiger partial charge in [0.05, 0.1) is 0 Å². The smallest absolute Gasteiger partial charge is 0.290 e. The first-order valence-corrected chi connectivity index (χ1v) is 6.73. The Labute approximate surface area is 120 Å². The average molecular weight is 353 g/mol. The van der Waals surface area contributed by atoms with Gasteiger partial charge in [0.2, 0.25) is 6.54 Å². The predicted molar refractivity (Wildman–Crippen MR) is 79.2 cm³/mol. The second-order valence-electron chi connectivity index (χ2n) is 4.03. The van der Waals surface area contributed by atoms with E-state index in [-0.39, 0.29) is 5.91 Å². The van der Waals surface area contributed by atoms with E-state index >= 15 is 0 Å². The summed E-state index contributed by atoms with van der Waals surface area (Å²) in [5.74, 6) is -0.0173. The Morgan fingerprint density at radius 1 is 1.28 bits per heavy atom. The lowest BCUT2D eigenvalue weighted by Gasteiger charge is -2.04. The number of carbonyl (C=O) groups is 1. The molecule has 2 rings (SSSR count). The molecule has 92 valence electrons. The van der Waals surface area contributed by atoms with Crippen LogP contribution in [0.1, 0.15) is 5.69 Å². The molecule has 0 saturated heterocycles. The van der Waals surface area contributed by atoms with E-state index < -0.39 is 0 Å². The maximum atomic E-state index is 11.9. The quantitative estimate of drug-likeness (QED) is 0.668. The molecule has 0 saturated carbocycles. The van der Waals surface area contributed by atoms with Gasteiger partial charge in [-0.25, -0.2) is 0 Å². The summed E-state index contributed by atoms with van der Waals surface area (Å²) in [6, 6.07) is 13.6. The maximum absolute atomic E-state index is 11.9.